The third-order valence-electron chi connectivity index (χ3n) is 2.19. The van der Waals surface area contributed by atoms with Gasteiger partial charge in [-0.25, -0.2) is 4.98 Å². The molecule has 0 saturated heterocycles. The third-order valence-corrected chi connectivity index (χ3v) is 2.69. The number of halogens is 1. The van der Waals surface area contributed by atoms with Crippen molar-refractivity contribution in [1.82, 2.24) is 9.55 Å². The van der Waals surface area contributed by atoms with Crippen molar-refractivity contribution in [2.24, 2.45) is 7.05 Å². The minimum atomic E-state index is 0.0839. The molecule has 0 aliphatic heterocycles. The zero-order valence-corrected chi connectivity index (χ0v) is 9.11. The molecule has 74 valence electrons. The Hall–Kier alpha value is -1.23. The molecule has 2 N–H and O–H groups in total. The van der Waals surface area contributed by atoms with Crippen LogP contribution in [0.3, 0.4) is 0 Å². The Balaban J connectivity index is 2.90. The molecule has 2 rings (SSSR count). The number of hydrogen-bond donors (Lipinski definition) is 2. The van der Waals surface area contributed by atoms with Crippen LogP contribution in [0.4, 0.5) is 0 Å². The Morgan fingerprint density at radius 1 is 1.36 bits per heavy atom. The Labute approximate surface area is 88.9 Å². The van der Waals surface area contributed by atoms with E-state index in [1.807, 2.05) is 0 Å². The van der Waals surface area contributed by atoms with Gasteiger partial charge in [0.05, 0.1) is 5.33 Å². The van der Waals surface area contributed by atoms with E-state index in [-0.39, 0.29) is 11.5 Å². The van der Waals surface area contributed by atoms with Gasteiger partial charge >= 0.3 is 0 Å². The number of aromatic nitrogens is 2. The van der Waals surface area contributed by atoms with E-state index < -0.39 is 0 Å². The summed E-state index contributed by atoms with van der Waals surface area (Å²) in [4.78, 5) is 4.20. The van der Waals surface area contributed by atoms with Crippen LogP contribution in [0.5, 0.6) is 11.5 Å². The van der Waals surface area contributed by atoms with E-state index in [9.17, 15) is 10.2 Å². The Bertz CT molecular complexity index is 493. The van der Waals surface area contributed by atoms with Crippen molar-refractivity contribution in [3.63, 3.8) is 0 Å². The standard InChI is InChI=1S/C9H9BrN2O2/c1-12-7(4-10)11-8-5(13)2-3-6(14)9(8)12/h2-3,13-14H,4H2,1H3. The fourth-order valence-corrected chi connectivity index (χ4v) is 1.95. The second kappa shape index (κ2) is 3.16. The number of nitrogens with zero attached hydrogens (tertiary/aromatic N) is 2. The highest BCUT2D eigenvalue weighted by atomic mass is 79.9. The molecule has 4 nitrogen and oxygen atoms in total. The van der Waals surface area contributed by atoms with Crippen molar-refractivity contribution in [3.05, 3.63) is 18.0 Å². The second-order valence-corrected chi connectivity index (χ2v) is 3.58. The van der Waals surface area contributed by atoms with Crippen LogP contribution in [0.2, 0.25) is 0 Å². The zero-order chi connectivity index (χ0) is 10.3. The molecule has 0 aliphatic rings. The summed E-state index contributed by atoms with van der Waals surface area (Å²) < 4.78 is 1.75. The lowest BCUT2D eigenvalue weighted by Crippen LogP contribution is -1.93. The van der Waals surface area contributed by atoms with Crippen LogP contribution in [0.25, 0.3) is 11.0 Å². The van der Waals surface area contributed by atoms with Crippen molar-refractivity contribution in [2.45, 2.75) is 5.33 Å². The maximum Gasteiger partial charge on any atom is 0.143 e. The van der Waals surface area contributed by atoms with Crippen LogP contribution in [0, 0.1) is 0 Å². The summed E-state index contributed by atoms with van der Waals surface area (Å²) in [7, 11) is 1.80. The van der Waals surface area contributed by atoms with Crippen LogP contribution in [0.1, 0.15) is 5.82 Å². The molecule has 0 unspecified atom stereocenters. The van der Waals surface area contributed by atoms with E-state index in [1.165, 1.54) is 12.1 Å². The first kappa shape index (κ1) is 9.33. The van der Waals surface area contributed by atoms with Crippen molar-refractivity contribution in [1.29, 1.82) is 0 Å². The predicted molar refractivity (Wildman–Crippen MR) is 56.7 cm³/mol. The lowest BCUT2D eigenvalue weighted by molar-refractivity contribution is 0.467. The summed E-state index contributed by atoms with van der Waals surface area (Å²) in [6.45, 7) is 0. The molecule has 1 aromatic carbocycles. The molecule has 1 aromatic heterocycles. The highest BCUT2D eigenvalue weighted by molar-refractivity contribution is 9.08. The van der Waals surface area contributed by atoms with E-state index >= 15 is 0 Å². The lowest BCUT2D eigenvalue weighted by atomic mass is 10.2. The molecule has 1 heterocycles. The van der Waals surface area contributed by atoms with Gasteiger partial charge in [0.25, 0.3) is 0 Å². The number of phenolic OH excluding ortho intramolecular Hbond substituents is 2. The fraction of sp³-hybridized carbons (Fsp3) is 0.222. The number of aromatic hydroxyl groups is 2. The van der Waals surface area contributed by atoms with Gasteiger partial charge in [0.15, 0.2) is 0 Å². The van der Waals surface area contributed by atoms with Gasteiger partial charge in [0.1, 0.15) is 28.4 Å². The number of benzene rings is 1. The van der Waals surface area contributed by atoms with E-state index in [2.05, 4.69) is 20.9 Å². The van der Waals surface area contributed by atoms with Gasteiger partial charge in [0.2, 0.25) is 0 Å². The van der Waals surface area contributed by atoms with Crippen molar-refractivity contribution >= 4 is 27.0 Å². The summed E-state index contributed by atoms with van der Waals surface area (Å²) >= 11 is 3.29. The first-order valence-electron chi connectivity index (χ1n) is 4.07. The fourth-order valence-electron chi connectivity index (χ4n) is 1.45. The number of rotatable bonds is 1. The molecule has 14 heavy (non-hydrogen) atoms. The minimum absolute atomic E-state index is 0.0839. The van der Waals surface area contributed by atoms with Crippen LogP contribution in [0.15, 0.2) is 12.1 Å². The quantitative estimate of drug-likeness (QED) is 0.605. The summed E-state index contributed by atoms with van der Waals surface area (Å²) in [5.41, 5.74) is 0.987. The lowest BCUT2D eigenvalue weighted by Gasteiger charge is -2.00. The van der Waals surface area contributed by atoms with E-state index in [1.54, 1.807) is 11.6 Å². The minimum Gasteiger partial charge on any atom is -0.506 e. The Kier molecular flexibility index (Phi) is 2.11. The normalized spacial score (nSPS) is 11.0. The van der Waals surface area contributed by atoms with Gasteiger partial charge in [0, 0.05) is 7.05 Å². The topological polar surface area (TPSA) is 58.3 Å². The van der Waals surface area contributed by atoms with E-state index in [4.69, 9.17) is 0 Å². The number of imidazole rings is 1. The molecule has 0 fully saturated rings. The summed E-state index contributed by atoms with van der Waals surface area (Å²) in [6, 6.07) is 2.89. The first-order chi connectivity index (χ1) is 6.65. The van der Waals surface area contributed by atoms with Gasteiger partial charge in [-0.2, -0.15) is 0 Å². The van der Waals surface area contributed by atoms with E-state index in [0.717, 1.165) is 5.82 Å². The SMILES string of the molecule is Cn1c(CBr)nc2c(O)ccc(O)c21. The number of hydrogen-bond acceptors (Lipinski definition) is 3. The van der Waals surface area contributed by atoms with Crippen molar-refractivity contribution < 1.29 is 10.2 Å². The van der Waals surface area contributed by atoms with Gasteiger partial charge in [-0.05, 0) is 12.1 Å². The number of phenols is 2. The summed E-state index contributed by atoms with van der Waals surface area (Å²) in [6.07, 6.45) is 0. The molecule has 0 saturated carbocycles. The molecule has 0 amide bonds. The number of alkyl halides is 1. The van der Waals surface area contributed by atoms with Gasteiger partial charge < -0.3 is 14.8 Å². The van der Waals surface area contributed by atoms with Crippen LogP contribution in [-0.2, 0) is 12.4 Å². The van der Waals surface area contributed by atoms with Crippen LogP contribution < -0.4 is 0 Å². The molecule has 5 heteroatoms. The number of fused-ring (bicyclic) bond motifs is 1. The van der Waals surface area contributed by atoms with Crippen molar-refractivity contribution in [3.8, 4) is 11.5 Å². The molecule has 0 atom stereocenters. The largest absolute Gasteiger partial charge is 0.506 e. The zero-order valence-electron chi connectivity index (χ0n) is 7.53. The Morgan fingerprint density at radius 2 is 2.00 bits per heavy atom. The number of aryl methyl sites for hydroxylation is 1. The van der Waals surface area contributed by atoms with Crippen LogP contribution in [-0.4, -0.2) is 19.8 Å². The molecular formula is C9H9BrN2O2. The van der Waals surface area contributed by atoms with E-state index in [0.29, 0.717) is 16.4 Å². The average Bonchev–Trinajstić information content (AvgIpc) is 2.51. The highest BCUT2D eigenvalue weighted by Crippen LogP contribution is 2.31. The van der Waals surface area contributed by atoms with Gasteiger partial charge in [-0.1, -0.05) is 15.9 Å². The smallest absolute Gasteiger partial charge is 0.143 e. The molecule has 0 spiro atoms. The predicted octanol–water partition coefficient (Wildman–Crippen LogP) is 1.88. The maximum absolute atomic E-state index is 9.60. The summed E-state index contributed by atoms with van der Waals surface area (Å²) in [5, 5.41) is 19.7. The third kappa shape index (κ3) is 1.16. The molecule has 0 radical (unpaired) electrons. The highest BCUT2D eigenvalue weighted by Gasteiger charge is 2.13. The Morgan fingerprint density at radius 3 is 2.57 bits per heavy atom. The first-order valence-corrected chi connectivity index (χ1v) is 5.19. The molecule has 0 bridgehead atoms. The molecular weight excluding hydrogens is 248 g/mol. The monoisotopic (exact) mass is 256 g/mol. The molecule has 2 aromatic rings. The second-order valence-electron chi connectivity index (χ2n) is 3.02. The summed E-state index contributed by atoms with van der Waals surface area (Å²) in [5.74, 6) is 0.970. The average molecular weight is 257 g/mol. The van der Waals surface area contributed by atoms with Gasteiger partial charge in [-0.15, -0.1) is 0 Å². The maximum atomic E-state index is 9.60. The van der Waals surface area contributed by atoms with Crippen molar-refractivity contribution in [2.75, 3.05) is 0 Å². The van der Waals surface area contributed by atoms with Gasteiger partial charge in [-0.3, -0.25) is 0 Å². The van der Waals surface area contributed by atoms with Crippen LogP contribution >= 0.6 is 15.9 Å². The molecule has 0 aliphatic carbocycles.